The summed E-state index contributed by atoms with van der Waals surface area (Å²) in [6.45, 7) is 1.20. The van der Waals surface area contributed by atoms with Gasteiger partial charge >= 0.3 is 0 Å². The molecular formula is C12H15BrClN5O. The van der Waals surface area contributed by atoms with E-state index in [9.17, 15) is 0 Å². The zero-order valence-corrected chi connectivity index (χ0v) is 13.2. The number of hydrazine groups is 1. The fourth-order valence-electron chi connectivity index (χ4n) is 1.91. The molecule has 0 radical (unpaired) electrons. The van der Waals surface area contributed by atoms with Crippen LogP contribution in [0, 0.1) is 0 Å². The fourth-order valence-corrected chi connectivity index (χ4v) is 2.54. The van der Waals surface area contributed by atoms with Crippen molar-refractivity contribution in [2.45, 2.75) is 12.6 Å². The Bertz CT molecular complexity index is 559. The van der Waals surface area contributed by atoms with E-state index in [0.717, 1.165) is 15.7 Å². The summed E-state index contributed by atoms with van der Waals surface area (Å²) in [5.74, 6) is 5.70. The molecule has 0 aliphatic carbocycles. The number of halogens is 2. The van der Waals surface area contributed by atoms with Crippen molar-refractivity contribution in [3.05, 3.63) is 45.4 Å². The Balaban J connectivity index is 2.35. The van der Waals surface area contributed by atoms with Crippen molar-refractivity contribution in [3.63, 3.8) is 0 Å². The molecule has 1 unspecified atom stereocenters. The van der Waals surface area contributed by atoms with Crippen LogP contribution in [0.1, 0.15) is 17.3 Å². The van der Waals surface area contributed by atoms with Gasteiger partial charge in [-0.2, -0.15) is 5.10 Å². The van der Waals surface area contributed by atoms with Crippen LogP contribution in [0.4, 0.5) is 0 Å². The second kappa shape index (κ2) is 7.14. The fraction of sp³-hybridized carbons (Fsp3) is 0.333. The number of rotatable bonds is 6. The largest absolute Gasteiger partial charge is 0.383 e. The molecule has 2 rings (SSSR count). The van der Waals surface area contributed by atoms with E-state index in [1.54, 1.807) is 25.6 Å². The molecule has 108 valence electrons. The summed E-state index contributed by atoms with van der Waals surface area (Å²) < 4.78 is 7.79. The maximum Gasteiger partial charge on any atom is 0.129 e. The monoisotopic (exact) mass is 359 g/mol. The van der Waals surface area contributed by atoms with Gasteiger partial charge in [0.25, 0.3) is 0 Å². The minimum Gasteiger partial charge on any atom is -0.383 e. The minimum absolute atomic E-state index is 0.242. The lowest BCUT2D eigenvalue weighted by Crippen LogP contribution is -2.31. The zero-order chi connectivity index (χ0) is 14.5. The molecule has 0 spiro atoms. The van der Waals surface area contributed by atoms with E-state index in [4.69, 9.17) is 22.2 Å². The first kappa shape index (κ1) is 15.4. The second-order valence-corrected chi connectivity index (χ2v) is 5.35. The number of nitrogens with one attached hydrogen (secondary N) is 1. The molecular weight excluding hydrogens is 346 g/mol. The summed E-state index contributed by atoms with van der Waals surface area (Å²) in [6, 6.07) is 3.36. The van der Waals surface area contributed by atoms with Crippen molar-refractivity contribution in [3.8, 4) is 0 Å². The second-order valence-electron chi connectivity index (χ2n) is 4.11. The third-order valence-corrected chi connectivity index (χ3v) is 3.70. The standard InChI is InChI=1S/C12H15BrClN5O/c1-20-5-4-19-12(9(13)7-17-19)11(18-15)8-2-3-10(14)16-6-8/h2-3,6-7,11,18H,4-5,15H2,1H3. The molecule has 20 heavy (non-hydrogen) atoms. The molecule has 0 amide bonds. The van der Waals surface area contributed by atoms with Crippen molar-refractivity contribution in [1.82, 2.24) is 20.2 Å². The molecule has 0 bridgehead atoms. The molecule has 0 aromatic carbocycles. The highest BCUT2D eigenvalue weighted by Gasteiger charge is 2.21. The lowest BCUT2D eigenvalue weighted by Gasteiger charge is -2.18. The Kier molecular flexibility index (Phi) is 5.50. The van der Waals surface area contributed by atoms with Crippen LogP contribution in [0.3, 0.4) is 0 Å². The van der Waals surface area contributed by atoms with Gasteiger partial charge in [-0.15, -0.1) is 0 Å². The molecule has 8 heteroatoms. The highest BCUT2D eigenvalue weighted by Crippen LogP contribution is 2.28. The van der Waals surface area contributed by atoms with Crippen LogP contribution >= 0.6 is 27.5 Å². The summed E-state index contributed by atoms with van der Waals surface area (Å²) in [6.07, 6.45) is 3.42. The van der Waals surface area contributed by atoms with E-state index in [2.05, 4.69) is 31.4 Å². The van der Waals surface area contributed by atoms with Gasteiger partial charge in [-0.05, 0) is 27.6 Å². The van der Waals surface area contributed by atoms with Crippen LogP contribution in [-0.2, 0) is 11.3 Å². The molecule has 1 atom stereocenters. The average molecular weight is 361 g/mol. The molecule has 2 aromatic heterocycles. The van der Waals surface area contributed by atoms with E-state index < -0.39 is 0 Å². The van der Waals surface area contributed by atoms with Crippen LogP contribution in [-0.4, -0.2) is 28.5 Å². The molecule has 0 fully saturated rings. The molecule has 3 N–H and O–H groups in total. The molecule has 0 saturated carbocycles. The highest BCUT2D eigenvalue weighted by molar-refractivity contribution is 9.10. The molecule has 0 aliphatic heterocycles. The maximum absolute atomic E-state index is 5.81. The number of hydrogen-bond acceptors (Lipinski definition) is 5. The number of pyridine rings is 1. The van der Waals surface area contributed by atoms with E-state index >= 15 is 0 Å². The smallest absolute Gasteiger partial charge is 0.129 e. The molecule has 2 aromatic rings. The van der Waals surface area contributed by atoms with Gasteiger partial charge in [0.15, 0.2) is 0 Å². The normalized spacial score (nSPS) is 12.6. The van der Waals surface area contributed by atoms with Crippen molar-refractivity contribution in [1.29, 1.82) is 0 Å². The van der Waals surface area contributed by atoms with Gasteiger partial charge in [-0.3, -0.25) is 10.5 Å². The predicted molar refractivity (Wildman–Crippen MR) is 80.2 cm³/mol. The quantitative estimate of drug-likeness (QED) is 0.467. The predicted octanol–water partition coefficient (Wildman–Crippen LogP) is 1.89. The van der Waals surface area contributed by atoms with Crippen molar-refractivity contribution in [2.75, 3.05) is 13.7 Å². The Morgan fingerprint density at radius 2 is 2.30 bits per heavy atom. The zero-order valence-electron chi connectivity index (χ0n) is 10.9. The Hall–Kier alpha value is -0.990. The van der Waals surface area contributed by atoms with Gasteiger partial charge in [-0.1, -0.05) is 17.7 Å². The molecule has 0 aliphatic rings. The maximum atomic E-state index is 5.81. The summed E-state index contributed by atoms with van der Waals surface area (Å²) in [7, 11) is 1.65. The lowest BCUT2D eigenvalue weighted by molar-refractivity contribution is 0.182. The topological polar surface area (TPSA) is 78.0 Å². The first-order chi connectivity index (χ1) is 9.67. The van der Waals surface area contributed by atoms with Gasteiger partial charge in [-0.25, -0.2) is 10.4 Å². The van der Waals surface area contributed by atoms with Crippen molar-refractivity contribution in [2.24, 2.45) is 5.84 Å². The van der Waals surface area contributed by atoms with Gasteiger partial charge < -0.3 is 4.74 Å². The minimum atomic E-state index is -0.242. The van der Waals surface area contributed by atoms with Crippen molar-refractivity contribution < 1.29 is 4.74 Å². The summed E-state index contributed by atoms with van der Waals surface area (Å²) in [5, 5.41) is 4.75. The van der Waals surface area contributed by atoms with Crippen LogP contribution in [0.25, 0.3) is 0 Å². The SMILES string of the molecule is COCCn1ncc(Br)c1C(NN)c1ccc(Cl)nc1. The Morgan fingerprint density at radius 3 is 2.90 bits per heavy atom. The first-order valence-electron chi connectivity index (χ1n) is 5.95. The van der Waals surface area contributed by atoms with E-state index in [0.29, 0.717) is 18.3 Å². The highest BCUT2D eigenvalue weighted by atomic mass is 79.9. The van der Waals surface area contributed by atoms with Crippen LogP contribution in [0.2, 0.25) is 5.15 Å². The van der Waals surface area contributed by atoms with Crippen LogP contribution < -0.4 is 11.3 Å². The number of aromatic nitrogens is 3. The summed E-state index contributed by atoms with van der Waals surface area (Å²) in [5.41, 5.74) is 4.59. The van der Waals surface area contributed by atoms with Gasteiger partial charge in [0.2, 0.25) is 0 Å². The number of hydrogen-bond donors (Lipinski definition) is 2. The van der Waals surface area contributed by atoms with E-state index in [-0.39, 0.29) is 6.04 Å². The molecule has 0 saturated heterocycles. The van der Waals surface area contributed by atoms with Gasteiger partial charge in [0.1, 0.15) is 5.15 Å². The van der Waals surface area contributed by atoms with Crippen LogP contribution in [0.5, 0.6) is 0 Å². The Morgan fingerprint density at radius 1 is 1.50 bits per heavy atom. The average Bonchev–Trinajstić information content (AvgIpc) is 2.81. The molecule has 6 nitrogen and oxygen atoms in total. The molecule has 2 heterocycles. The van der Waals surface area contributed by atoms with E-state index in [1.165, 1.54) is 0 Å². The summed E-state index contributed by atoms with van der Waals surface area (Å²) >= 11 is 9.31. The van der Waals surface area contributed by atoms with Crippen molar-refractivity contribution >= 4 is 27.5 Å². The van der Waals surface area contributed by atoms with Gasteiger partial charge in [0.05, 0.1) is 35.6 Å². The van der Waals surface area contributed by atoms with E-state index in [1.807, 2.05) is 10.7 Å². The number of nitrogens with two attached hydrogens (primary N) is 1. The lowest BCUT2D eigenvalue weighted by atomic mass is 10.1. The third-order valence-electron chi connectivity index (χ3n) is 2.86. The van der Waals surface area contributed by atoms with Crippen LogP contribution in [0.15, 0.2) is 29.0 Å². The number of nitrogens with zero attached hydrogens (tertiary/aromatic N) is 3. The number of ether oxygens (including phenoxy) is 1. The Labute approximate surface area is 130 Å². The van der Waals surface area contributed by atoms with Gasteiger partial charge in [0, 0.05) is 13.3 Å². The third kappa shape index (κ3) is 3.36. The number of methoxy groups -OCH3 is 1. The summed E-state index contributed by atoms with van der Waals surface area (Å²) in [4.78, 5) is 4.08. The first-order valence-corrected chi connectivity index (χ1v) is 7.12.